The highest BCUT2D eigenvalue weighted by Gasteiger charge is 2.36. The first-order valence-electron chi connectivity index (χ1n) is 10.4. The van der Waals surface area contributed by atoms with Gasteiger partial charge in [-0.3, -0.25) is 19.5 Å². The van der Waals surface area contributed by atoms with Gasteiger partial charge in [0.25, 0.3) is 0 Å². The number of pyridine rings is 1. The minimum atomic E-state index is -0.429. The fourth-order valence-electron chi connectivity index (χ4n) is 4.45. The molecular weight excluding hydrogens is 364 g/mol. The molecule has 2 fully saturated rings. The van der Waals surface area contributed by atoms with Crippen molar-refractivity contribution in [1.29, 1.82) is 0 Å². The molecule has 6 heteroatoms. The van der Waals surface area contributed by atoms with E-state index in [0.717, 1.165) is 31.6 Å². The second-order valence-corrected chi connectivity index (χ2v) is 7.97. The zero-order valence-electron chi connectivity index (χ0n) is 16.9. The zero-order chi connectivity index (χ0) is 20.2. The Kier molecular flexibility index (Phi) is 5.90. The average Bonchev–Trinajstić information content (AvgIpc) is 3.21. The lowest BCUT2D eigenvalue weighted by Crippen LogP contribution is -2.56. The van der Waals surface area contributed by atoms with Gasteiger partial charge in [-0.05, 0) is 37.5 Å². The van der Waals surface area contributed by atoms with Crippen molar-refractivity contribution in [2.75, 3.05) is 19.6 Å². The van der Waals surface area contributed by atoms with E-state index < -0.39 is 6.04 Å². The molecule has 0 bridgehead atoms. The minimum absolute atomic E-state index is 0.0144. The quantitative estimate of drug-likeness (QED) is 0.849. The molecule has 2 aliphatic rings. The van der Waals surface area contributed by atoms with Gasteiger partial charge in [0.1, 0.15) is 0 Å². The second-order valence-electron chi connectivity index (χ2n) is 7.97. The van der Waals surface area contributed by atoms with E-state index in [1.165, 1.54) is 11.1 Å². The van der Waals surface area contributed by atoms with E-state index in [1.54, 1.807) is 6.20 Å². The lowest BCUT2D eigenvalue weighted by molar-refractivity contribution is -0.139. The molecule has 2 amide bonds. The van der Waals surface area contributed by atoms with Gasteiger partial charge in [0.15, 0.2) is 0 Å². The van der Waals surface area contributed by atoms with Crippen LogP contribution < -0.4 is 5.32 Å². The van der Waals surface area contributed by atoms with E-state index >= 15 is 0 Å². The van der Waals surface area contributed by atoms with E-state index in [9.17, 15) is 9.59 Å². The first-order chi connectivity index (χ1) is 14.1. The average molecular weight is 393 g/mol. The van der Waals surface area contributed by atoms with Crippen LogP contribution in [0.2, 0.25) is 0 Å². The van der Waals surface area contributed by atoms with Gasteiger partial charge in [-0.25, -0.2) is 0 Å². The Hall–Kier alpha value is -2.73. The summed E-state index contributed by atoms with van der Waals surface area (Å²) in [6.45, 7) is 4.85. The smallest absolute Gasteiger partial charge is 0.237 e. The van der Waals surface area contributed by atoms with Crippen LogP contribution in [0.15, 0.2) is 48.7 Å². The molecule has 1 N–H and O–H groups in total. The van der Waals surface area contributed by atoms with Crippen molar-refractivity contribution in [2.45, 2.75) is 44.8 Å². The molecule has 2 atom stereocenters. The zero-order valence-corrected chi connectivity index (χ0v) is 16.9. The van der Waals surface area contributed by atoms with Gasteiger partial charge >= 0.3 is 0 Å². The number of hydrogen-bond acceptors (Lipinski definition) is 4. The van der Waals surface area contributed by atoms with Crippen LogP contribution in [0.4, 0.5) is 0 Å². The van der Waals surface area contributed by atoms with Crippen molar-refractivity contribution in [3.63, 3.8) is 0 Å². The maximum Gasteiger partial charge on any atom is 0.237 e. The Morgan fingerprint density at radius 2 is 2.10 bits per heavy atom. The fraction of sp³-hybridized carbons (Fsp3) is 0.435. The van der Waals surface area contributed by atoms with Crippen LogP contribution in [0.5, 0.6) is 0 Å². The van der Waals surface area contributed by atoms with Crippen LogP contribution in [0.1, 0.15) is 42.1 Å². The van der Waals surface area contributed by atoms with Crippen LogP contribution in [0.3, 0.4) is 0 Å². The molecule has 0 saturated carbocycles. The van der Waals surface area contributed by atoms with Gasteiger partial charge in [0.2, 0.25) is 11.8 Å². The van der Waals surface area contributed by atoms with Gasteiger partial charge in [0.05, 0.1) is 24.2 Å². The Morgan fingerprint density at radius 3 is 2.90 bits per heavy atom. The van der Waals surface area contributed by atoms with Crippen molar-refractivity contribution < 1.29 is 9.59 Å². The van der Waals surface area contributed by atoms with Crippen molar-refractivity contribution >= 4 is 11.8 Å². The molecule has 1 aromatic carbocycles. The second kappa shape index (κ2) is 8.74. The number of aryl methyl sites for hydroxylation is 1. The highest BCUT2D eigenvalue weighted by atomic mass is 16.2. The molecule has 2 saturated heterocycles. The summed E-state index contributed by atoms with van der Waals surface area (Å²) in [5.41, 5.74) is 3.31. The number of carbonyl (C=O) groups excluding carboxylic acids is 2. The number of piperazine rings is 1. The van der Waals surface area contributed by atoms with Crippen molar-refractivity contribution in [1.82, 2.24) is 20.1 Å². The summed E-state index contributed by atoms with van der Waals surface area (Å²) >= 11 is 0. The van der Waals surface area contributed by atoms with Gasteiger partial charge < -0.3 is 10.2 Å². The van der Waals surface area contributed by atoms with E-state index in [2.05, 4.69) is 40.3 Å². The molecule has 0 radical (unpaired) electrons. The van der Waals surface area contributed by atoms with Gasteiger partial charge in [-0.2, -0.15) is 0 Å². The third-order valence-corrected chi connectivity index (χ3v) is 5.88. The molecule has 1 aromatic heterocycles. The van der Waals surface area contributed by atoms with E-state index in [4.69, 9.17) is 0 Å². The van der Waals surface area contributed by atoms with Gasteiger partial charge in [-0.1, -0.05) is 35.9 Å². The van der Waals surface area contributed by atoms with Crippen molar-refractivity contribution in [3.05, 3.63) is 65.5 Å². The largest absolute Gasteiger partial charge is 0.353 e. The predicted molar refractivity (Wildman–Crippen MR) is 111 cm³/mol. The first kappa shape index (κ1) is 19.6. The maximum atomic E-state index is 13.2. The van der Waals surface area contributed by atoms with Crippen LogP contribution in [0, 0.1) is 6.92 Å². The number of carbonyl (C=O) groups is 2. The van der Waals surface area contributed by atoms with E-state index in [-0.39, 0.29) is 24.3 Å². The number of nitrogens with zero attached hydrogens (tertiary/aromatic N) is 3. The van der Waals surface area contributed by atoms with E-state index in [0.29, 0.717) is 13.1 Å². The molecule has 3 heterocycles. The highest BCUT2D eigenvalue weighted by molar-refractivity contribution is 5.89. The summed E-state index contributed by atoms with van der Waals surface area (Å²) in [7, 11) is 0. The minimum Gasteiger partial charge on any atom is -0.353 e. The molecule has 152 valence electrons. The summed E-state index contributed by atoms with van der Waals surface area (Å²) in [5, 5.41) is 2.93. The number of hydrogen-bond donors (Lipinski definition) is 1. The summed E-state index contributed by atoms with van der Waals surface area (Å²) < 4.78 is 0. The number of benzene rings is 1. The molecule has 0 aliphatic carbocycles. The lowest BCUT2D eigenvalue weighted by atomic mass is 10.0. The summed E-state index contributed by atoms with van der Waals surface area (Å²) in [5.74, 6) is -0.0136. The van der Waals surface area contributed by atoms with E-state index in [1.807, 2.05) is 29.2 Å². The topological polar surface area (TPSA) is 65.5 Å². The standard InChI is InChI=1S/C23H28N4O2/c1-17-6-4-7-18(14-17)16-26-13-11-25-23(29)21(26)15-22(28)27-12-5-9-20(27)19-8-2-3-10-24-19/h2-4,6-8,10,14,20-21H,5,9,11-13,15-16H2,1H3,(H,25,29)/t20-,21-/m0/s1. The molecule has 0 spiro atoms. The third-order valence-electron chi connectivity index (χ3n) is 5.88. The Labute approximate surface area is 171 Å². The molecule has 29 heavy (non-hydrogen) atoms. The number of likely N-dealkylation sites (tertiary alicyclic amines) is 1. The summed E-state index contributed by atoms with van der Waals surface area (Å²) in [4.78, 5) is 34.3. The highest BCUT2D eigenvalue weighted by Crippen LogP contribution is 2.31. The van der Waals surface area contributed by atoms with Gasteiger partial charge in [-0.15, -0.1) is 0 Å². The van der Waals surface area contributed by atoms with Crippen LogP contribution in [-0.2, 0) is 16.1 Å². The molecular formula is C23H28N4O2. The van der Waals surface area contributed by atoms with Crippen LogP contribution in [0.25, 0.3) is 0 Å². The number of aromatic nitrogens is 1. The third kappa shape index (κ3) is 4.48. The lowest BCUT2D eigenvalue weighted by Gasteiger charge is -2.36. The summed E-state index contributed by atoms with van der Waals surface area (Å²) in [6, 6.07) is 13.7. The van der Waals surface area contributed by atoms with Crippen molar-refractivity contribution in [2.24, 2.45) is 0 Å². The number of rotatable bonds is 5. The monoisotopic (exact) mass is 392 g/mol. The van der Waals surface area contributed by atoms with Crippen LogP contribution in [-0.4, -0.2) is 52.3 Å². The first-order valence-corrected chi connectivity index (χ1v) is 10.4. The molecule has 2 aromatic rings. The van der Waals surface area contributed by atoms with Crippen molar-refractivity contribution in [3.8, 4) is 0 Å². The Bertz CT molecular complexity index is 870. The molecule has 0 unspecified atom stereocenters. The van der Waals surface area contributed by atoms with Gasteiger partial charge in [0, 0.05) is 32.4 Å². The number of nitrogens with one attached hydrogen (secondary N) is 1. The molecule has 2 aliphatic heterocycles. The summed E-state index contributed by atoms with van der Waals surface area (Å²) in [6.07, 6.45) is 3.87. The predicted octanol–water partition coefficient (Wildman–Crippen LogP) is 2.44. The van der Waals surface area contributed by atoms with Crippen LogP contribution >= 0.6 is 0 Å². The molecule has 6 nitrogen and oxygen atoms in total. The fourth-order valence-corrected chi connectivity index (χ4v) is 4.45. The normalized spacial score (nSPS) is 22.5. The Morgan fingerprint density at radius 1 is 1.21 bits per heavy atom. The number of amides is 2. The molecule has 4 rings (SSSR count). The maximum absolute atomic E-state index is 13.2. The SMILES string of the molecule is Cc1cccc(CN2CCNC(=O)[C@@H]2CC(=O)N2CCC[C@H]2c2ccccn2)c1. The Balaban J connectivity index is 1.47.